The fraction of sp³-hybridized carbons (Fsp3) is 0.742. The van der Waals surface area contributed by atoms with Gasteiger partial charge in [-0.15, -0.1) is 0 Å². The molecule has 0 bridgehead atoms. The summed E-state index contributed by atoms with van der Waals surface area (Å²) in [5.41, 5.74) is -2.33. The number of nitrogens with one attached hydrogen (secondary N) is 1. The molecule has 4 saturated carbocycles. The average molecular weight is 581 g/mol. The number of aliphatic hydroxyl groups is 3. The molecule has 0 radical (unpaired) electrons. The van der Waals surface area contributed by atoms with Crippen molar-refractivity contribution in [3.05, 3.63) is 39.4 Å². The summed E-state index contributed by atoms with van der Waals surface area (Å²) in [6.45, 7) is 6.51. The van der Waals surface area contributed by atoms with Gasteiger partial charge in [0.05, 0.1) is 18.3 Å². The molecule has 0 saturated heterocycles. The van der Waals surface area contributed by atoms with Crippen molar-refractivity contribution in [2.75, 3.05) is 0 Å². The minimum atomic E-state index is -2.05. The molecule has 4 aliphatic rings. The number of hydrogen-bond donors (Lipinski definition) is 4. The minimum absolute atomic E-state index is 0.0140. The van der Waals surface area contributed by atoms with Crippen molar-refractivity contribution < 1.29 is 32.9 Å². The lowest BCUT2D eigenvalue weighted by Crippen LogP contribution is -2.62. The van der Waals surface area contributed by atoms with Crippen molar-refractivity contribution in [3.63, 3.8) is 0 Å². The normalized spacial score (nSPS) is 41.1. The van der Waals surface area contributed by atoms with E-state index < -0.39 is 57.4 Å². The number of hydrogen-bond acceptors (Lipinski definition) is 5. The summed E-state index contributed by atoms with van der Waals surface area (Å²) >= 11 is 0. The number of aryl methyl sites for hydroxylation is 1. The summed E-state index contributed by atoms with van der Waals surface area (Å²) in [4.78, 5) is 18.8. The third-order valence-corrected chi connectivity index (χ3v) is 12.3. The maximum atomic E-state index is 14.4. The van der Waals surface area contributed by atoms with Crippen LogP contribution in [0.4, 0.5) is 17.6 Å². The van der Waals surface area contributed by atoms with E-state index in [1.54, 1.807) is 0 Å². The van der Waals surface area contributed by atoms with Gasteiger partial charge in [-0.2, -0.15) is 0 Å². The van der Waals surface area contributed by atoms with Crippen LogP contribution in [0.25, 0.3) is 10.9 Å². The highest BCUT2D eigenvalue weighted by Crippen LogP contribution is 2.68. The van der Waals surface area contributed by atoms with Gasteiger partial charge in [0.15, 0.2) is 23.3 Å². The van der Waals surface area contributed by atoms with Gasteiger partial charge in [-0.3, -0.25) is 4.79 Å². The zero-order valence-corrected chi connectivity index (χ0v) is 23.8. The maximum Gasteiger partial charge on any atom is 0.261 e. The van der Waals surface area contributed by atoms with Gasteiger partial charge in [-0.05, 0) is 97.7 Å². The van der Waals surface area contributed by atoms with Crippen LogP contribution in [0.3, 0.4) is 0 Å². The predicted octanol–water partition coefficient (Wildman–Crippen LogP) is 5.01. The molecule has 2 aromatic rings. The highest BCUT2D eigenvalue weighted by atomic mass is 19.2. The van der Waals surface area contributed by atoms with E-state index in [0.717, 1.165) is 25.7 Å². The van der Waals surface area contributed by atoms with Gasteiger partial charge < -0.3 is 20.3 Å². The number of aromatic amines is 1. The van der Waals surface area contributed by atoms with E-state index in [0.29, 0.717) is 25.7 Å². The number of benzene rings is 1. The zero-order valence-electron chi connectivity index (χ0n) is 23.8. The lowest BCUT2D eigenvalue weighted by atomic mass is 9.43. The first-order valence-corrected chi connectivity index (χ1v) is 15.1. The molecule has 6 nitrogen and oxygen atoms in total. The number of fused-ring (bicyclic) bond motifs is 6. The van der Waals surface area contributed by atoms with E-state index in [1.807, 2.05) is 0 Å². The molecule has 1 aromatic heterocycles. The predicted molar refractivity (Wildman–Crippen MR) is 144 cm³/mol. The molecule has 0 aliphatic heterocycles. The monoisotopic (exact) mass is 580 g/mol. The SMILES string of the molecule is C[C@H](CCc1nc2c(F)c(F)c(F)c(F)c2c(=O)[nH]1)[C@H]1CC[C@H]2[C@H]3C(C[C@H](O)[C@]12C)[C@@]1(C)CC[C@@H](O)C[C@H]1C[C@H]3O. The molecule has 10 heteroatoms. The second-order valence-corrected chi connectivity index (χ2v) is 14.0. The van der Waals surface area contributed by atoms with E-state index in [1.165, 1.54) is 0 Å². The molecule has 6 rings (SSSR count). The number of nitrogens with zero attached hydrogens (tertiary/aromatic N) is 1. The second kappa shape index (κ2) is 10.0. The third-order valence-electron chi connectivity index (χ3n) is 12.3. The summed E-state index contributed by atoms with van der Waals surface area (Å²) < 4.78 is 56.0. The van der Waals surface area contributed by atoms with Crippen LogP contribution in [0, 0.1) is 69.6 Å². The number of aromatic nitrogens is 2. The zero-order chi connectivity index (χ0) is 29.6. The first-order chi connectivity index (χ1) is 19.3. The number of halogens is 4. The van der Waals surface area contributed by atoms with Crippen LogP contribution in [0.5, 0.6) is 0 Å². The van der Waals surface area contributed by atoms with Crippen molar-refractivity contribution in [3.8, 4) is 0 Å². The van der Waals surface area contributed by atoms with E-state index in [-0.39, 0.29) is 59.3 Å². The van der Waals surface area contributed by atoms with Gasteiger partial charge in [-0.1, -0.05) is 20.8 Å². The summed E-state index contributed by atoms with van der Waals surface area (Å²) in [5, 5.41) is 32.6. The van der Waals surface area contributed by atoms with Crippen LogP contribution >= 0.6 is 0 Å². The van der Waals surface area contributed by atoms with Crippen molar-refractivity contribution in [1.29, 1.82) is 0 Å². The van der Waals surface area contributed by atoms with Crippen LogP contribution < -0.4 is 5.56 Å². The maximum absolute atomic E-state index is 14.4. The fourth-order valence-electron chi connectivity index (χ4n) is 10.1. The Morgan fingerprint density at radius 3 is 2.39 bits per heavy atom. The first kappa shape index (κ1) is 29.1. The molecular formula is C31H40F4N2O4. The molecule has 1 aromatic carbocycles. The third kappa shape index (κ3) is 4.21. The lowest BCUT2D eigenvalue weighted by molar-refractivity contribution is -0.207. The Hall–Kier alpha value is -2.04. The number of rotatable bonds is 4. The fourth-order valence-corrected chi connectivity index (χ4v) is 10.1. The van der Waals surface area contributed by atoms with E-state index in [2.05, 4.69) is 30.7 Å². The molecular weight excluding hydrogens is 540 g/mol. The van der Waals surface area contributed by atoms with Gasteiger partial charge in [0, 0.05) is 6.42 Å². The van der Waals surface area contributed by atoms with Crippen LogP contribution in [-0.4, -0.2) is 43.6 Å². The van der Waals surface area contributed by atoms with E-state index in [4.69, 9.17) is 0 Å². The summed E-state index contributed by atoms with van der Waals surface area (Å²) in [5.74, 6) is -6.58. The Labute approximate surface area is 236 Å². The minimum Gasteiger partial charge on any atom is -0.393 e. The first-order valence-electron chi connectivity index (χ1n) is 15.1. The number of H-pyrrole nitrogens is 1. The molecule has 4 aliphatic carbocycles. The highest BCUT2D eigenvalue weighted by Gasteiger charge is 2.65. The van der Waals surface area contributed by atoms with E-state index in [9.17, 15) is 37.7 Å². The summed E-state index contributed by atoms with van der Waals surface area (Å²) in [6, 6.07) is 0. The van der Waals surface area contributed by atoms with Crippen LogP contribution in [0.2, 0.25) is 0 Å². The molecule has 4 fully saturated rings. The standard InChI is InChI=1S/C31H40F4N2O4/c1-13(4-7-21-36-28-23(29(41)37-21)24(32)25(33)26(34)27(28)35)16-5-6-17-22-18(12-20(40)31(16,17)3)30(2)9-8-15(38)10-14(30)11-19(22)39/h13-20,22,38-40H,4-12H2,1-3H3,(H,36,37,41)/t13-,14+,15-,16-,17+,18?,19-,20+,22+,30+,31-/m1/s1. The molecule has 1 unspecified atom stereocenters. The summed E-state index contributed by atoms with van der Waals surface area (Å²) in [6.07, 6.45) is 4.82. The topological polar surface area (TPSA) is 106 Å². The molecule has 0 amide bonds. The molecule has 226 valence electrons. The molecule has 0 spiro atoms. The van der Waals surface area contributed by atoms with Gasteiger partial charge >= 0.3 is 0 Å². The smallest absolute Gasteiger partial charge is 0.261 e. The van der Waals surface area contributed by atoms with Crippen molar-refractivity contribution in [2.24, 2.45) is 46.3 Å². The molecule has 11 atom stereocenters. The Bertz CT molecular complexity index is 1420. The second-order valence-electron chi connectivity index (χ2n) is 14.0. The van der Waals surface area contributed by atoms with Crippen molar-refractivity contribution in [2.45, 2.75) is 96.9 Å². The Balaban J connectivity index is 1.23. The quantitative estimate of drug-likeness (QED) is 0.231. The van der Waals surface area contributed by atoms with Gasteiger partial charge in [0.1, 0.15) is 16.7 Å². The average Bonchev–Trinajstić information content (AvgIpc) is 3.29. The number of aliphatic hydroxyl groups excluding tert-OH is 3. The summed E-state index contributed by atoms with van der Waals surface area (Å²) in [7, 11) is 0. The van der Waals surface area contributed by atoms with Gasteiger partial charge in [-0.25, -0.2) is 22.5 Å². The van der Waals surface area contributed by atoms with Crippen molar-refractivity contribution in [1.82, 2.24) is 9.97 Å². The van der Waals surface area contributed by atoms with Gasteiger partial charge in [0.25, 0.3) is 5.56 Å². The Morgan fingerprint density at radius 1 is 0.951 bits per heavy atom. The Kier molecular flexibility index (Phi) is 7.10. The van der Waals surface area contributed by atoms with Crippen LogP contribution in [0.1, 0.15) is 78.0 Å². The molecule has 1 heterocycles. The van der Waals surface area contributed by atoms with Crippen molar-refractivity contribution >= 4 is 10.9 Å². The van der Waals surface area contributed by atoms with E-state index >= 15 is 0 Å². The highest BCUT2D eigenvalue weighted by molar-refractivity contribution is 5.79. The van der Waals surface area contributed by atoms with Gasteiger partial charge in [0.2, 0.25) is 0 Å². The van der Waals surface area contributed by atoms with Crippen LogP contribution in [-0.2, 0) is 6.42 Å². The molecule has 4 N–H and O–H groups in total. The lowest BCUT2D eigenvalue weighted by Gasteiger charge is -2.63. The largest absolute Gasteiger partial charge is 0.393 e. The Morgan fingerprint density at radius 2 is 1.66 bits per heavy atom. The molecule has 41 heavy (non-hydrogen) atoms. The van der Waals surface area contributed by atoms with Crippen LogP contribution in [0.15, 0.2) is 4.79 Å².